The number of halogens is 1. The Balaban J connectivity index is 1.53. The minimum Gasteiger partial charge on any atom is -0.350 e. The number of amides is 2. The highest BCUT2D eigenvalue weighted by molar-refractivity contribution is 7.13. The summed E-state index contributed by atoms with van der Waals surface area (Å²) in [5, 5.41) is 10.3. The summed E-state index contributed by atoms with van der Waals surface area (Å²) >= 11 is 7.56. The van der Waals surface area contributed by atoms with Crippen molar-refractivity contribution in [2.75, 3.05) is 4.90 Å². The van der Waals surface area contributed by atoms with Crippen LogP contribution in [0.2, 0.25) is 5.02 Å². The molecule has 2 aromatic carbocycles. The Morgan fingerprint density at radius 3 is 2.63 bits per heavy atom. The van der Waals surface area contributed by atoms with Crippen LogP contribution in [0.4, 0.5) is 5.69 Å². The van der Waals surface area contributed by atoms with Crippen molar-refractivity contribution in [3.05, 3.63) is 94.0 Å². The molecule has 0 saturated heterocycles. The first-order valence-electron chi connectivity index (χ1n) is 11.5. The fourth-order valence-corrected chi connectivity index (χ4v) is 5.23. The standard InChI is InChI=1S/C27H25ClN4O2S/c1-3-18-6-4-7-21(14-18)32-25(33)23-15-22(24-8-5-13-35-24)30-31(23)17-27(32,2)26(34)29-16-19-9-11-20(28)12-10-19/h4-15H,3,16-17H2,1-2H3,(H,29,34)/t27-/m0/s1. The summed E-state index contributed by atoms with van der Waals surface area (Å²) in [6.07, 6.45) is 0.829. The predicted molar refractivity (Wildman–Crippen MR) is 140 cm³/mol. The molecule has 1 aliphatic rings. The van der Waals surface area contributed by atoms with Crippen LogP contribution in [0.25, 0.3) is 10.6 Å². The molecule has 3 heterocycles. The number of benzene rings is 2. The number of thiophene rings is 1. The van der Waals surface area contributed by atoms with E-state index in [1.54, 1.807) is 40.0 Å². The molecule has 0 unspecified atom stereocenters. The monoisotopic (exact) mass is 504 g/mol. The number of nitrogens with one attached hydrogen (secondary N) is 1. The van der Waals surface area contributed by atoms with Gasteiger partial charge >= 0.3 is 0 Å². The second-order valence-electron chi connectivity index (χ2n) is 8.80. The van der Waals surface area contributed by atoms with Gasteiger partial charge in [0.1, 0.15) is 16.9 Å². The Labute approximate surface area is 213 Å². The molecule has 8 heteroatoms. The van der Waals surface area contributed by atoms with Crippen LogP contribution in [0.15, 0.2) is 72.1 Å². The van der Waals surface area contributed by atoms with E-state index in [1.165, 1.54) is 0 Å². The molecular formula is C27H25ClN4O2S. The molecule has 5 rings (SSSR count). The molecule has 0 spiro atoms. The lowest BCUT2D eigenvalue weighted by Gasteiger charge is -2.43. The second kappa shape index (κ2) is 9.32. The van der Waals surface area contributed by atoms with E-state index in [0.29, 0.717) is 22.9 Å². The third-order valence-corrected chi connectivity index (χ3v) is 7.50. The van der Waals surface area contributed by atoms with Crippen molar-refractivity contribution in [3.8, 4) is 10.6 Å². The number of aromatic nitrogens is 2. The number of fused-ring (bicyclic) bond motifs is 1. The number of aryl methyl sites for hydroxylation is 1. The summed E-state index contributed by atoms with van der Waals surface area (Å²) in [6, 6.07) is 20.9. The van der Waals surface area contributed by atoms with Crippen LogP contribution in [0.5, 0.6) is 0 Å². The summed E-state index contributed by atoms with van der Waals surface area (Å²) in [6.45, 7) is 4.44. The molecule has 4 aromatic rings. The second-order valence-corrected chi connectivity index (χ2v) is 10.2. The highest BCUT2D eigenvalue weighted by atomic mass is 35.5. The molecule has 1 atom stereocenters. The Bertz CT molecular complexity index is 1380. The van der Waals surface area contributed by atoms with Gasteiger partial charge in [-0.3, -0.25) is 19.2 Å². The molecule has 0 bridgehead atoms. The smallest absolute Gasteiger partial charge is 0.277 e. The fraction of sp³-hybridized carbons (Fsp3) is 0.222. The number of carbonyl (C=O) groups excluding carboxylic acids is 2. The van der Waals surface area contributed by atoms with E-state index in [9.17, 15) is 9.59 Å². The lowest BCUT2D eigenvalue weighted by molar-refractivity contribution is -0.126. The zero-order chi connectivity index (χ0) is 24.6. The van der Waals surface area contributed by atoms with E-state index in [1.807, 2.05) is 60.0 Å². The number of carbonyl (C=O) groups is 2. The highest BCUT2D eigenvalue weighted by Crippen LogP contribution is 2.35. The van der Waals surface area contributed by atoms with Crippen molar-refractivity contribution in [1.82, 2.24) is 15.1 Å². The van der Waals surface area contributed by atoms with Gasteiger partial charge in [-0.1, -0.05) is 48.9 Å². The van der Waals surface area contributed by atoms with E-state index in [4.69, 9.17) is 16.7 Å². The van der Waals surface area contributed by atoms with Gasteiger partial charge in [0.15, 0.2) is 0 Å². The summed E-state index contributed by atoms with van der Waals surface area (Å²) in [5.41, 5.74) is 2.74. The average Bonchev–Trinajstić information content (AvgIpc) is 3.54. The van der Waals surface area contributed by atoms with Gasteiger partial charge < -0.3 is 5.32 Å². The maximum Gasteiger partial charge on any atom is 0.277 e. The fourth-order valence-electron chi connectivity index (χ4n) is 4.42. The first-order chi connectivity index (χ1) is 16.9. The van der Waals surface area contributed by atoms with Gasteiger partial charge in [0.2, 0.25) is 5.91 Å². The zero-order valence-corrected chi connectivity index (χ0v) is 21.1. The lowest BCUT2D eigenvalue weighted by atomic mass is 9.93. The van der Waals surface area contributed by atoms with Crippen molar-refractivity contribution in [3.63, 3.8) is 0 Å². The topological polar surface area (TPSA) is 67.2 Å². The van der Waals surface area contributed by atoms with Gasteiger partial charge in [-0.25, -0.2) is 0 Å². The Kier molecular flexibility index (Phi) is 6.21. The quantitative estimate of drug-likeness (QED) is 0.373. The van der Waals surface area contributed by atoms with E-state index >= 15 is 0 Å². The molecule has 6 nitrogen and oxygen atoms in total. The summed E-state index contributed by atoms with van der Waals surface area (Å²) < 4.78 is 1.67. The third kappa shape index (κ3) is 4.37. The molecule has 2 amide bonds. The van der Waals surface area contributed by atoms with Crippen LogP contribution >= 0.6 is 22.9 Å². The molecule has 0 radical (unpaired) electrons. The third-order valence-electron chi connectivity index (χ3n) is 6.36. The van der Waals surface area contributed by atoms with Crippen molar-refractivity contribution < 1.29 is 9.59 Å². The Morgan fingerprint density at radius 1 is 1.11 bits per heavy atom. The van der Waals surface area contributed by atoms with Gasteiger partial charge in [-0.15, -0.1) is 11.3 Å². The Morgan fingerprint density at radius 2 is 1.91 bits per heavy atom. The lowest BCUT2D eigenvalue weighted by Crippen LogP contribution is -2.64. The number of nitrogens with zero attached hydrogens (tertiary/aromatic N) is 3. The summed E-state index contributed by atoms with van der Waals surface area (Å²) in [4.78, 5) is 30.2. The molecule has 1 N–H and O–H groups in total. The maximum absolute atomic E-state index is 13.9. The summed E-state index contributed by atoms with van der Waals surface area (Å²) in [5.74, 6) is -0.495. The minimum absolute atomic E-state index is 0.238. The van der Waals surface area contributed by atoms with Crippen LogP contribution in [-0.4, -0.2) is 27.1 Å². The van der Waals surface area contributed by atoms with Crippen molar-refractivity contribution in [2.24, 2.45) is 0 Å². The van der Waals surface area contributed by atoms with Crippen LogP contribution in [0, 0.1) is 0 Å². The van der Waals surface area contributed by atoms with Gasteiger partial charge in [0.25, 0.3) is 5.91 Å². The maximum atomic E-state index is 13.9. The van der Waals surface area contributed by atoms with Crippen LogP contribution in [0.3, 0.4) is 0 Å². The Hall–Kier alpha value is -3.42. The molecule has 178 valence electrons. The van der Waals surface area contributed by atoms with Gasteiger partial charge in [0.05, 0.1) is 11.4 Å². The van der Waals surface area contributed by atoms with Crippen molar-refractivity contribution in [1.29, 1.82) is 0 Å². The number of anilines is 1. The predicted octanol–water partition coefficient (Wildman–Crippen LogP) is 5.56. The molecule has 2 aromatic heterocycles. The highest BCUT2D eigenvalue weighted by Gasteiger charge is 2.49. The zero-order valence-electron chi connectivity index (χ0n) is 19.5. The first-order valence-corrected chi connectivity index (χ1v) is 12.7. The number of hydrogen-bond donors (Lipinski definition) is 1. The van der Waals surface area contributed by atoms with E-state index in [-0.39, 0.29) is 18.4 Å². The van der Waals surface area contributed by atoms with E-state index in [0.717, 1.165) is 28.1 Å². The van der Waals surface area contributed by atoms with Gasteiger partial charge in [0, 0.05) is 17.3 Å². The first kappa shape index (κ1) is 23.3. The normalized spacial score (nSPS) is 17.3. The SMILES string of the molecule is CCc1cccc(N2C(=O)c3cc(-c4cccs4)nn3C[C@@]2(C)C(=O)NCc2ccc(Cl)cc2)c1. The summed E-state index contributed by atoms with van der Waals surface area (Å²) in [7, 11) is 0. The van der Waals surface area contributed by atoms with Gasteiger partial charge in [-0.05, 0) is 66.2 Å². The van der Waals surface area contributed by atoms with Crippen molar-refractivity contribution in [2.45, 2.75) is 38.9 Å². The largest absolute Gasteiger partial charge is 0.350 e. The van der Waals surface area contributed by atoms with Crippen LogP contribution in [0.1, 0.15) is 35.5 Å². The molecule has 35 heavy (non-hydrogen) atoms. The average molecular weight is 505 g/mol. The van der Waals surface area contributed by atoms with Crippen LogP contribution in [-0.2, 0) is 24.3 Å². The molecule has 0 saturated carbocycles. The van der Waals surface area contributed by atoms with E-state index in [2.05, 4.69) is 12.2 Å². The molecular weight excluding hydrogens is 480 g/mol. The van der Waals surface area contributed by atoms with Crippen LogP contribution < -0.4 is 10.2 Å². The number of rotatable bonds is 6. The molecule has 1 aliphatic heterocycles. The van der Waals surface area contributed by atoms with E-state index < -0.39 is 5.54 Å². The molecule has 0 aliphatic carbocycles. The number of hydrogen-bond acceptors (Lipinski definition) is 4. The minimum atomic E-state index is -1.18. The van der Waals surface area contributed by atoms with Gasteiger partial charge in [-0.2, -0.15) is 5.10 Å². The van der Waals surface area contributed by atoms with Crippen molar-refractivity contribution >= 4 is 40.4 Å². The molecule has 0 fully saturated rings.